The number of imidazole rings is 1. The number of benzene rings is 1. The Hall–Kier alpha value is -2.58. The summed E-state index contributed by atoms with van der Waals surface area (Å²) in [6, 6.07) is 6.87. The summed E-state index contributed by atoms with van der Waals surface area (Å²) in [5.41, 5.74) is 10.7. The summed E-state index contributed by atoms with van der Waals surface area (Å²) >= 11 is 1.57. The highest BCUT2D eigenvalue weighted by Crippen LogP contribution is 2.49. The van der Waals surface area contributed by atoms with Crippen LogP contribution >= 0.6 is 11.3 Å². The van der Waals surface area contributed by atoms with Crippen LogP contribution in [-0.2, 0) is 4.74 Å². The van der Waals surface area contributed by atoms with Gasteiger partial charge in [0.15, 0.2) is 0 Å². The fourth-order valence-corrected chi connectivity index (χ4v) is 7.65. The van der Waals surface area contributed by atoms with Crippen molar-refractivity contribution in [1.29, 1.82) is 0 Å². The van der Waals surface area contributed by atoms with Gasteiger partial charge in [0.2, 0.25) is 0 Å². The average Bonchev–Trinajstić information content (AvgIpc) is 3.59. The van der Waals surface area contributed by atoms with E-state index in [0.29, 0.717) is 29.1 Å². The number of nitrogen functional groups attached to an aromatic ring is 1. The lowest BCUT2D eigenvalue weighted by Gasteiger charge is -2.23. The number of hydrogen-bond acceptors (Lipinski definition) is 7. The third-order valence-corrected chi connectivity index (χ3v) is 9.45. The van der Waals surface area contributed by atoms with Gasteiger partial charge in [0.05, 0.1) is 41.1 Å². The number of carbonyl (C=O) groups excluding carboxylic acids is 1. The van der Waals surface area contributed by atoms with E-state index in [1.807, 2.05) is 6.33 Å². The van der Waals surface area contributed by atoms with Gasteiger partial charge in [0.1, 0.15) is 10.6 Å². The van der Waals surface area contributed by atoms with Gasteiger partial charge < -0.3 is 25.0 Å². The molecule has 8 heteroatoms. The van der Waals surface area contributed by atoms with E-state index in [0.717, 1.165) is 52.4 Å². The number of carbonyl (C=O) groups is 1. The van der Waals surface area contributed by atoms with Gasteiger partial charge in [0.25, 0.3) is 0 Å². The topological polar surface area (TPSA) is 93.6 Å². The van der Waals surface area contributed by atoms with Crippen molar-refractivity contribution < 1.29 is 14.6 Å². The first-order valence-corrected chi connectivity index (χ1v) is 13.3. The van der Waals surface area contributed by atoms with Crippen LogP contribution in [0.3, 0.4) is 0 Å². The predicted molar refractivity (Wildman–Crippen MR) is 135 cm³/mol. The van der Waals surface area contributed by atoms with Gasteiger partial charge in [-0.05, 0) is 55.2 Å². The van der Waals surface area contributed by atoms with Crippen molar-refractivity contribution in [3.05, 3.63) is 30.1 Å². The minimum absolute atomic E-state index is 0.193. The standard InChI is InChI=1S/C26H32N4O3S/c1-33-26(32)22-23(27)24(34-25(22)29-12-16-9-19(31)10-17(16)13-29)15-7-8-21-20(11-15)28-14-30(21)18-5-3-2-4-6-18/h7-8,11,14,16-19,31H,2-6,9-10,12-13,27H2,1H3/t16-,17+,19?. The monoisotopic (exact) mass is 480 g/mol. The molecule has 3 aromatic rings. The molecule has 2 aliphatic carbocycles. The molecule has 2 saturated carbocycles. The number of aliphatic hydroxyl groups excluding tert-OH is 1. The highest BCUT2D eigenvalue weighted by Gasteiger charge is 2.42. The highest BCUT2D eigenvalue weighted by molar-refractivity contribution is 7.20. The van der Waals surface area contributed by atoms with Crippen molar-refractivity contribution in [3.63, 3.8) is 0 Å². The molecule has 1 aromatic carbocycles. The Balaban J connectivity index is 1.36. The zero-order valence-electron chi connectivity index (χ0n) is 19.6. The number of aliphatic hydroxyl groups is 1. The first kappa shape index (κ1) is 21.9. The van der Waals surface area contributed by atoms with Gasteiger partial charge in [-0.25, -0.2) is 9.78 Å². The number of hydrogen-bond donors (Lipinski definition) is 2. The SMILES string of the molecule is COC(=O)c1c(N2C[C@H]3CC(O)C[C@H]3C2)sc(-c2ccc3c(c2)ncn3C2CCCCC2)c1N. The Morgan fingerprint density at radius 3 is 2.62 bits per heavy atom. The molecule has 3 N–H and O–H groups in total. The van der Waals surface area contributed by atoms with Crippen molar-refractivity contribution in [2.24, 2.45) is 11.8 Å². The molecule has 6 rings (SSSR count). The molecule has 0 spiro atoms. The second-order valence-corrected chi connectivity index (χ2v) is 11.2. The number of anilines is 2. The largest absolute Gasteiger partial charge is 0.465 e. The maximum atomic E-state index is 12.8. The third kappa shape index (κ3) is 3.58. The number of rotatable bonds is 4. The molecular weight excluding hydrogens is 448 g/mol. The van der Waals surface area contributed by atoms with Crippen LogP contribution in [0, 0.1) is 11.8 Å². The van der Waals surface area contributed by atoms with Crippen LogP contribution < -0.4 is 10.6 Å². The number of aromatic nitrogens is 2. The number of fused-ring (bicyclic) bond motifs is 2. The van der Waals surface area contributed by atoms with Crippen molar-refractivity contribution in [1.82, 2.24) is 9.55 Å². The average molecular weight is 481 g/mol. The van der Waals surface area contributed by atoms with E-state index in [2.05, 4.69) is 27.7 Å². The van der Waals surface area contributed by atoms with Gasteiger partial charge >= 0.3 is 5.97 Å². The number of esters is 1. The highest BCUT2D eigenvalue weighted by atomic mass is 32.1. The van der Waals surface area contributed by atoms with Crippen molar-refractivity contribution >= 4 is 39.0 Å². The molecule has 1 saturated heterocycles. The number of thiophene rings is 1. The van der Waals surface area contributed by atoms with E-state index in [-0.39, 0.29) is 6.10 Å². The van der Waals surface area contributed by atoms with Crippen LogP contribution in [0.5, 0.6) is 0 Å². The molecular formula is C26H32N4O3S. The lowest BCUT2D eigenvalue weighted by atomic mass is 9.95. The van der Waals surface area contributed by atoms with E-state index in [1.54, 1.807) is 11.3 Å². The van der Waals surface area contributed by atoms with Crippen LogP contribution in [0.2, 0.25) is 0 Å². The first-order valence-electron chi connectivity index (χ1n) is 12.4. The molecule has 180 valence electrons. The lowest BCUT2D eigenvalue weighted by Crippen LogP contribution is -2.23. The molecule has 0 amide bonds. The van der Waals surface area contributed by atoms with Crippen molar-refractivity contribution in [2.45, 2.75) is 57.1 Å². The Labute approximate surface area is 203 Å². The van der Waals surface area contributed by atoms with Crippen LogP contribution in [0.25, 0.3) is 21.5 Å². The molecule has 34 heavy (non-hydrogen) atoms. The number of nitrogens with two attached hydrogens (primary N) is 1. The van der Waals surface area contributed by atoms with E-state index in [1.165, 1.54) is 39.2 Å². The normalized spacial score (nSPS) is 25.2. The van der Waals surface area contributed by atoms with E-state index in [4.69, 9.17) is 15.5 Å². The van der Waals surface area contributed by atoms with Crippen molar-refractivity contribution in [2.75, 3.05) is 30.8 Å². The molecule has 1 aliphatic heterocycles. The van der Waals surface area contributed by atoms with Gasteiger partial charge in [-0.2, -0.15) is 0 Å². The third-order valence-electron chi connectivity index (χ3n) is 8.13. The molecule has 3 heterocycles. The van der Waals surface area contributed by atoms with E-state index in [9.17, 15) is 9.90 Å². The fourth-order valence-electron chi connectivity index (χ4n) is 6.42. The number of methoxy groups -OCH3 is 1. The summed E-state index contributed by atoms with van der Waals surface area (Å²) in [5.74, 6) is 0.537. The molecule has 3 fully saturated rings. The van der Waals surface area contributed by atoms with Crippen LogP contribution in [-0.4, -0.2) is 46.9 Å². The summed E-state index contributed by atoms with van der Waals surface area (Å²) in [7, 11) is 1.40. The van der Waals surface area contributed by atoms with E-state index >= 15 is 0 Å². The molecule has 2 aromatic heterocycles. The Kier molecular flexibility index (Phi) is 5.53. The molecule has 0 radical (unpaired) electrons. The summed E-state index contributed by atoms with van der Waals surface area (Å²) in [4.78, 5) is 20.6. The molecule has 3 aliphatic rings. The second kappa shape index (κ2) is 8.57. The first-order chi connectivity index (χ1) is 16.5. The van der Waals surface area contributed by atoms with Gasteiger partial charge in [-0.15, -0.1) is 11.3 Å². The maximum absolute atomic E-state index is 12.8. The summed E-state index contributed by atoms with van der Waals surface area (Å²) in [6.45, 7) is 1.69. The van der Waals surface area contributed by atoms with Crippen LogP contribution in [0.4, 0.5) is 10.7 Å². The summed E-state index contributed by atoms with van der Waals surface area (Å²) in [5, 5.41) is 10.9. The van der Waals surface area contributed by atoms with Crippen LogP contribution in [0.1, 0.15) is 61.3 Å². The minimum atomic E-state index is -0.394. The summed E-state index contributed by atoms with van der Waals surface area (Å²) < 4.78 is 7.46. The smallest absolute Gasteiger partial charge is 0.343 e. The van der Waals surface area contributed by atoms with Gasteiger partial charge in [0, 0.05) is 19.1 Å². The quantitative estimate of drug-likeness (QED) is 0.519. The Morgan fingerprint density at radius 2 is 1.91 bits per heavy atom. The van der Waals surface area contributed by atoms with Gasteiger partial charge in [-0.1, -0.05) is 25.3 Å². The molecule has 7 nitrogen and oxygen atoms in total. The maximum Gasteiger partial charge on any atom is 0.343 e. The fraction of sp³-hybridized carbons (Fsp3) is 0.538. The Bertz CT molecular complexity index is 1210. The molecule has 3 atom stereocenters. The van der Waals surface area contributed by atoms with Crippen molar-refractivity contribution in [3.8, 4) is 10.4 Å². The number of ether oxygens (including phenoxy) is 1. The predicted octanol–water partition coefficient (Wildman–Crippen LogP) is 4.85. The zero-order chi connectivity index (χ0) is 23.4. The minimum Gasteiger partial charge on any atom is -0.465 e. The van der Waals surface area contributed by atoms with Crippen LogP contribution in [0.15, 0.2) is 24.5 Å². The second-order valence-electron chi connectivity index (χ2n) is 10.2. The van der Waals surface area contributed by atoms with Gasteiger partial charge in [-0.3, -0.25) is 0 Å². The zero-order valence-corrected chi connectivity index (χ0v) is 20.4. The van der Waals surface area contributed by atoms with E-state index < -0.39 is 5.97 Å². The summed E-state index contributed by atoms with van der Waals surface area (Å²) in [6.07, 6.45) is 9.78. The molecule has 1 unspecified atom stereocenters. The Morgan fingerprint density at radius 1 is 1.18 bits per heavy atom. The lowest BCUT2D eigenvalue weighted by molar-refractivity contribution is 0.0603. The molecule has 0 bridgehead atoms. The number of nitrogens with zero attached hydrogens (tertiary/aromatic N) is 3.